The molecule has 122 valence electrons. The zero-order valence-corrected chi connectivity index (χ0v) is 14.2. The summed E-state index contributed by atoms with van der Waals surface area (Å²) in [5.74, 6) is 2.04. The van der Waals surface area contributed by atoms with E-state index in [4.69, 9.17) is 0 Å². The fourth-order valence-electron chi connectivity index (χ4n) is 2.72. The summed E-state index contributed by atoms with van der Waals surface area (Å²) in [5.41, 5.74) is 0. The maximum Gasteiger partial charge on any atom is 0.243 e. The summed E-state index contributed by atoms with van der Waals surface area (Å²) in [4.78, 5) is 26.0. The molecule has 2 aliphatic rings. The lowest BCUT2D eigenvalue weighted by molar-refractivity contribution is -0.138. The second kappa shape index (κ2) is 9.54. The Labute approximate surface area is 137 Å². The summed E-state index contributed by atoms with van der Waals surface area (Å²) in [6, 6.07) is -0.268. The molecule has 2 rings (SSSR count). The average molecular weight is 336 g/mol. The lowest BCUT2D eigenvalue weighted by Gasteiger charge is -2.26. The van der Waals surface area contributed by atoms with Gasteiger partial charge in [-0.25, -0.2) is 0 Å². The fourth-order valence-corrected chi connectivity index (χ4v) is 3.90. The molecule has 2 aliphatic heterocycles. The van der Waals surface area contributed by atoms with Gasteiger partial charge in [-0.2, -0.15) is 0 Å². The molecule has 0 radical (unpaired) electrons. The summed E-state index contributed by atoms with van der Waals surface area (Å²) in [6.07, 6.45) is 3.73. The Balaban J connectivity index is 0.00000220. The normalized spacial score (nSPS) is 25.3. The number of rotatable bonds is 5. The SMILES string of the molecule is CCCC(=O)N1CSCC1C(=O)NCC1CCCNC1.Cl. The Morgan fingerprint density at radius 2 is 2.24 bits per heavy atom. The molecule has 0 bridgehead atoms. The maximum absolute atomic E-state index is 12.3. The van der Waals surface area contributed by atoms with Crippen LogP contribution in [0.5, 0.6) is 0 Å². The van der Waals surface area contributed by atoms with E-state index in [1.807, 2.05) is 6.92 Å². The van der Waals surface area contributed by atoms with Crippen LogP contribution < -0.4 is 10.6 Å². The smallest absolute Gasteiger partial charge is 0.243 e. The molecule has 2 heterocycles. The molecule has 2 saturated heterocycles. The highest BCUT2D eigenvalue weighted by atomic mass is 35.5. The molecular formula is C14H26ClN3O2S. The number of carbonyl (C=O) groups excluding carboxylic acids is 2. The molecule has 5 nitrogen and oxygen atoms in total. The van der Waals surface area contributed by atoms with E-state index in [1.165, 1.54) is 12.8 Å². The van der Waals surface area contributed by atoms with Gasteiger partial charge in [-0.05, 0) is 38.3 Å². The molecule has 2 atom stereocenters. The van der Waals surface area contributed by atoms with Crippen molar-refractivity contribution in [1.82, 2.24) is 15.5 Å². The molecule has 0 aromatic heterocycles. The Morgan fingerprint density at radius 3 is 2.90 bits per heavy atom. The number of hydrogen-bond donors (Lipinski definition) is 2. The fraction of sp³-hybridized carbons (Fsp3) is 0.857. The number of carbonyl (C=O) groups is 2. The average Bonchev–Trinajstić information content (AvgIpc) is 2.96. The molecule has 0 aromatic carbocycles. The van der Waals surface area contributed by atoms with E-state index >= 15 is 0 Å². The standard InChI is InChI=1S/C14H25N3O2S.ClH/c1-2-4-13(18)17-10-20-9-12(17)14(19)16-8-11-5-3-6-15-7-11;/h11-12,15H,2-10H2,1H3,(H,16,19);1H. The number of thioether (sulfide) groups is 1. The maximum atomic E-state index is 12.3. The summed E-state index contributed by atoms with van der Waals surface area (Å²) < 4.78 is 0. The van der Waals surface area contributed by atoms with Gasteiger partial charge in [-0.15, -0.1) is 24.2 Å². The molecule has 0 aromatic rings. The number of piperidine rings is 1. The Morgan fingerprint density at radius 1 is 1.43 bits per heavy atom. The number of amides is 2. The van der Waals surface area contributed by atoms with Crippen LogP contribution >= 0.6 is 24.2 Å². The summed E-state index contributed by atoms with van der Waals surface area (Å²) >= 11 is 1.67. The second-order valence-electron chi connectivity index (χ2n) is 5.59. The first-order valence-corrected chi connectivity index (χ1v) is 8.73. The Hall–Kier alpha value is -0.460. The summed E-state index contributed by atoms with van der Waals surface area (Å²) in [7, 11) is 0. The first-order chi connectivity index (χ1) is 9.72. The molecule has 0 saturated carbocycles. The van der Waals surface area contributed by atoms with Gasteiger partial charge in [0.15, 0.2) is 0 Å². The molecular weight excluding hydrogens is 310 g/mol. The van der Waals surface area contributed by atoms with Gasteiger partial charge in [0.05, 0.1) is 5.88 Å². The Kier molecular flexibility index (Phi) is 8.44. The van der Waals surface area contributed by atoms with Crippen molar-refractivity contribution in [2.24, 2.45) is 5.92 Å². The lowest BCUT2D eigenvalue weighted by atomic mass is 10.00. The van der Waals surface area contributed by atoms with Gasteiger partial charge in [0.2, 0.25) is 11.8 Å². The molecule has 2 N–H and O–H groups in total. The van der Waals surface area contributed by atoms with Crippen LogP contribution in [0.4, 0.5) is 0 Å². The molecule has 2 amide bonds. The van der Waals surface area contributed by atoms with E-state index < -0.39 is 0 Å². The van der Waals surface area contributed by atoms with Crippen LogP contribution in [0.3, 0.4) is 0 Å². The van der Waals surface area contributed by atoms with Crippen LogP contribution in [0.1, 0.15) is 32.6 Å². The molecule has 0 aliphatic carbocycles. The van der Waals surface area contributed by atoms with Gasteiger partial charge < -0.3 is 15.5 Å². The highest BCUT2D eigenvalue weighted by Crippen LogP contribution is 2.22. The predicted octanol–water partition coefficient (Wildman–Crippen LogP) is 1.23. The zero-order chi connectivity index (χ0) is 14.4. The zero-order valence-electron chi connectivity index (χ0n) is 12.6. The third kappa shape index (κ3) is 5.34. The van der Waals surface area contributed by atoms with E-state index in [0.717, 1.165) is 31.8 Å². The summed E-state index contributed by atoms with van der Waals surface area (Å²) in [5, 5.41) is 6.39. The van der Waals surface area contributed by atoms with Crippen molar-refractivity contribution in [3.05, 3.63) is 0 Å². The van der Waals surface area contributed by atoms with E-state index in [9.17, 15) is 9.59 Å². The van der Waals surface area contributed by atoms with Crippen molar-refractivity contribution in [3.8, 4) is 0 Å². The predicted molar refractivity (Wildman–Crippen MR) is 88.7 cm³/mol. The van der Waals surface area contributed by atoms with Gasteiger partial charge in [0.25, 0.3) is 0 Å². The van der Waals surface area contributed by atoms with Crippen molar-refractivity contribution in [3.63, 3.8) is 0 Å². The first kappa shape index (κ1) is 18.6. The van der Waals surface area contributed by atoms with Crippen LogP contribution in [-0.2, 0) is 9.59 Å². The monoisotopic (exact) mass is 335 g/mol. The van der Waals surface area contributed by atoms with Crippen LogP contribution in [0.25, 0.3) is 0 Å². The minimum absolute atomic E-state index is 0. The molecule has 0 spiro atoms. The number of nitrogens with one attached hydrogen (secondary N) is 2. The topological polar surface area (TPSA) is 61.4 Å². The van der Waals surface area contributed by atoms with Crippen LogP contribution in [0.15, 0.2) is 0 Å². The number of nitrogens with zero attached hydrogens (tertiary/aromatic N) is 1. The largest absolute Gasteiger partial charge is 0.354 e. The second-order valence-corrected chi connectivity index (χ2v) is 6.59. The van der Waals surface area contributed by atoms with E-state index in [-0.39, 0.29) is 30.3 Å². The quantitative estimate of drug-likeness (QED) is 0.793. The minimum atomic E-state index is -0.268. The highest BCUT2D eigenvalue weighted by Gasteiger charge is 2.34. The molecule has 2 fully saturated rings. The van der Waals surface area contributed by atoms with Gasteiger partial charge in [-0.3, -0.25) is 9.59 Å². The van der Waals surface area contributed by atoms with Crippen LogP contribution in [-0.4, -0.2) is 54.0 Å². The molecule has 2 unspecified atom stereocenters. The van der Waals surface area contributed by atoms with Gasteiger partial charge >= 0.3 is 0 Å². The highest BCUT2D eigenvalue weighted by molar-refractivity contribution is 7.99. The van der Waals surface area contributed by atoms with Gasteiger partial charge in [0.1, 0.15) is 6.04 Å². The summed E-state index contributed by atoms with van der Waals surface area (Å²) in [6.45, 7) is 4.79. The van der Waals surface area contributed by atoms with Crippen molar-refractivity contribution in [1.29, 1.82) is 0 Å². The first-order valence-electron chi connectivity index (χ1n) is 7.58. The molecule has 21 heavy (non-hydrogen) atoms. The van der Waals surface area contributed by atoms with Crippen molar-refractivity contribution in [2.45, 2.75) is 38.6 Å². The Bertz CT molecular complexity index is 351. The van der Waals surface area contributed by atoms with E-state index in [1.54, 1.807) is 16.7 Å². The van der Waals surface area contributed by atoms with Crippen LogP contribution in [0, 0.1) is 5.92 Å². The molecule has 7 heteroatoms. The number of hydrogen-bond acceptors (Lipinski definition) is 4. The van der Waals surface area contributed by atoms with E-state index in [2.05, 4.69) is 10.6 Å². The van der Waals surface area contributed by atoms with Crippen molar-refractivity contribution in [2.75, 3.05) is 31.3 Å². The van der Waals surface area contributed by atoms with Crippen molar-refractivity contribution < 1.29 is 9.59 Å². The van der Waals surface area contributed by atoms with Crippen molar-refractivity contribution >= 4 is 36.0 Å². The minimum Gasteiger partial charge on any atom is -0.354 e. The number of halogens is 1. The van der Waals surface area contributed by atoms with Crippen LogP contribution in [0.2, 0.25) is 0 Å². The van der Waals surface area contributed by atoms with Gasteiger partial charge in [-0.1, -0.05) is 6.92 Å². The van der Waals surface area contributed by atoms with E-state index in [0.29, 0.717) is 18.2 Å². The van der Waals surface area contributed by atoms with Gasteiger partial charge in [0, 0.05) is 18.7 Å². The third-order valence-electron chi connectivity index (χ3n) is 3.93. The lowest BCUT2D eigenvalue weighted by Crippen LogP contribution is -2.49. The third-order valence-corrected chi connectivity index (χ3v) is 4.95.